The Morgan fingerprint density at radius 2 is 1.17 bits per heavy atom. The molecule has 0 radical (unpaired) electrons. The van der Waals surface area contributed by atoms with Gasteiger partial charge in [0.25, 0.3) is 0 Å². The molecule has 0 atom stereocenters. The molecule has 0 N–H and O–H groups in total. The molecule has 0 fully saturated rings. The first-order valence-electron chi connectivity index (χ1n) is 1.34. The first kappa shape index (κ1) is 5.34. The van der Waals surface area contributed by atoms with Crippen LogP contribution in [0, 0.1) is 0 Å². The highest BCUT2D eigenvalue weighted by Crippen LogP contribution is 2.04. The van der Waals surface area contributed by atoms with Gasteiger partial charge in [-0.25, -0.2) is 8.78 Å². The van der Waals surface area contributed by atoms with Crippen molar-refractivity contribution in [2.24, 2.45) is 0 Å². The fourth-order valence-electron chi connectivity index (χ4n) is 0. The van der Waals surface area contributed by atoms with E-state index in [-0.39, 0.29) is 0 Å². The Morgan fingerprint density at radius 3 is 1.17 bits per heavy atom. The van der Waals surface area contributed by atoms with Gasteiger partial charge in [-0.05, 0) is 0 Å². The number of hydrogen-bond acceptors (Lipinski definition) is 0. The molecule has 0 aromatic carbocycles. The van der Waals surface area contributed by atoms with Crippen molar-refractivity contribution in [3.8, 4) is 0 Å². The van der Waals surface area contributed by atoms with Gasteiger partial charge in [0.2, 0.25) is 0 Å². The van der Waals surface area contributed by atoms with Crippen LogP contribution in [0.25, 0.3) is 0 Å². The van der Waals surface area contributed by atoms with Crippen molar-refractivity contribution in [2.45, 2.75) is 0 Å². The molecule has 0 saturated carbocycles. The fraction of sp³-hybridized carbons (Fsp3) is 0. The van der Waals surface area contributed by atoms with E-state index >= 15 is 0 Å². The minimum atomic E-state index is -1.10. The van der Waals surface area contributed by atoms with Gasteiger partial charge in [-0.2, -0.15) is 0 Å². The van der Waals surface area contributed by atoms with Gasteiger partial charge in [-0.3, -0.25) is 0 Å². The monoisotopic (exact) mass is 90.0 g/mol. The maximum absolute atomic E-state index is 11.2. The molecule has 34 valence electrons. The summed E-state index contributed by atoms with van der Waals surface area (Å²) in [6, 6.07) is 0. The van der Waals surface area contributed by atoms with E-state index in [0.717, 1.165) is 0 Å². The van der Waals surface area contributed by atoms with Crippen LogP contribution in [-0.2, 0) is 0 Å². The molecule has 2 heteroatoms. The number of allylic oxidation sites excluding steroid dienone is 2. The fourth-order valence-corrected chi connectivity index (χ4v) is 0. The first-order chi connectivity index (χ1) is 2.64. The predicted molar refractivity (Wildman–Crippen MR) is 20.5 cm³/mol. The van der Waals surface area contributed by atoms with Gasteiger partial charge in [0.05, 0.1) is 0 Å². The lowest BCUT2D eigenvalue weighted by Crippen LogP contribution is -1.62. The molecule has 0 aliphatic carbocycles. The van der Waals surface area contributed by atoms with Crippen LogP contribution in [0.3, 0.4) is 0 Å². The summed E-state index contributed by atoms with van der Waals surface area (Å²) in [5.41, 5.74) is 0. The highest BCUT2D eigenvalue weighted by atomic mass is 19.2. The molecule has 0 aromatic heterocycles. The molecule has 0 aliphatic rings. The van der Waals surface area contributed by atoms with Crippen molar-refractivity contribution in [2.75, 3.05) is 0 Å². The minimum Gasteiger partial charge on any atom is -0.204 e. The average molecular weight is 90.1 g/mol. The van der Waals surface area contributed by atoms with Crippen LogP contribution in [0.2, 0.25) is 0 Å². The lowest BCUT2D eigenvalue weighted by Gasteiger charge is -1.78. The Bertz CT molecular complexity index is 71.5. The van der Waals surface area contributed by atoms with E-state index in [2.05, 4.69) is 13.2 Å². The highest BCUT2D eigenvalue weighted by Gasteiger charge is 1.89. The molecule has 6 heavy (non-hydrogen) atoms. The van der Waals surface area contributed by atoms with Gasteiger partial charge in [0.1, 0.15) is 0 Å². The average Bonchev–Trinajstić information content (AvgIpc) is 1.36. The van der Waals surface area contributed by atoms with Crippen molar-refractivity contribution in [3.05, 3.63) is 24.8 Å². The number of halogens is 2. The van der Waals surface area contributed by atoms with Gasteiger partial charge in [0.15, 0.2) is 11.7 Å². The summed E-state index contributed by atoms with van der Waals surface area (Å²) in [4.78, 5) is 0. The van der Waals surface area contributed by atoms with Crippen molar-refractivity contribution in [3.63, 3.8) is 0 Å². The molecule has 0 nitrogen and oxygen atoms in total. The van der Waals surface area contributed by atoms with Gasteiger partial charge in [-0.1, -0.05) is 13.2 Å². The van der Waals surface area contributed by atoms with Gasteiger partial charge >= 0.3 is 0 Å². The van der Waals surface area contributed by atoms with Gasteiger partial charge in [0, 0.05) is 0 Å². The molecular formula is C4H4F2. The van der Waals surface area contributed by atoms with E-state index in [9.17, 15) is 8.78 Å². The second kappa shape index (κ2) is 1.70. The first-order valence-corrected chi connectivity index (χ1v) is 1.34. The molecule has 0 rings (SSSR count). The van der Waals surface area contributed by atoms with Gasteiger partial charge < -0.3 is 0 Å². The van der Waals surface area contributed by atoms with E-state index in [1.54, 1.807) is 0 Å². The summed E-state index contributed by atoms with van der Waals surface area (Å²) in [5, 5.41) is 0. The zero-order valence-corrected chi connectivity index (χ0v) is 3.17. The zero-order chi connectivity index (χ0) is 5.15. The molecule has 0 unspecified atom stereocenters. The lowest BCUT2D eigenvalue weighted by atomic mass is 10.6. The maximum atomic E-state index is 11.2. The molecular weight excluding hydrogens is 86.0 g/mol. The molecule has 0 spiro atoms. The third kappa shape index (κ3) is 1.64. The van der Waals surface area contributed by atoms with Crippen molar-refractivity contribution < 1.29 is 8.78 Å². The molecule has 0 aliphatic heterocycles. The number of hydrogen-bond donors (Lipinski definition) is 0. The Hall–Kier alpha value is -0.660. The van der Waals surface area contributed by atoms with Gasteiger partial charge in [-0.15, -0.1) is 0 Å². The Balaban J connectivity index is 3.57. The second-order valence-corrected chi connectivity index (χ2v) is 0.810. The summed E-state index contributed by atoms with van der Waals surface area (Å²) < 4.78 is 22.3. The van der Waals surface area contributed by atoms with E-state index in [0.29, 0.717) is 0 Å². The second-order valence-electron chi connectivity index (χ2n) is 0.810. The summed E-state index contributed by atoms with van der Waals surface area (Å²) >= 11 is 0. The largest absolute Gasteiger partial charge is 0.204 e. The molecule has 0 amide bonds. The van der Waals surface area contributed by atoms with Crippen LogP contribution in [-0.4, -0.2) is 0 Å². The van der Waals surface area contributed by atoms with Crippen LogP contribution >= 0.6 is 0 Å². The van der Waals surface area contributed by atoms with Crippen LogP contribution in [0.1, 0.15) is 0 Å². The third-order valence-electron chi connectivity index (χ3n) is 0.294. The Morgan fingerprint density at radius 1 is 1.00 bits per heavy atom. The highest BCUT2D eigenvalue weighted by molar-refractivity contribution is 5.08. The van der Waals surface area contributed by atoms with E-state index in [4.69, 9.17) is 0 Å². The summed E-state index contributed by atoms with van der Waals surface area (Å²) in [7, 11) is 0. The Kier molecular flexibility index (Phi) is 1.51. The van der Waals surface area contributed by atoms with Crippen LogP contribution < -0.4 is 0 Å². The summed E-state index contributed by atoms with van der Waals surface area (Å²) in [6.07, 6.45) is 0. The van der Waals surface area contributed by atoms with Crippen molar-refractivity contribution >= 4 is 0 Å². The van der Waals surface area contributed by atoms with E-state index in [1.165, 1.54) is 0 Å². The Labute approximate surface area is 34.8 Å². The standard InChI is InChI=1S/C4H4F2/c1-3(5)4(2)6/h1-2H2. The van der Waals surface area contributed by atoms with Crippen molar-refractivity contribution in [1.29, 1.82) is 0 Å². The normalized spacial score (nSPS) is 7.67. The molecule has 0 heterocycles. The SMILES string of the molecule is C=C(F)C(=C)F. The van der Waals surface area contributed by atoms with E-state index < -0.39 is 11.7 Å². The van der Waals surface area contributed by atoms with Crippen LogP contribution in [0.15, 0.2) is 24.8 Å². The predicted octanol–water partition coefficient (Wildman–Crippen LogP) is 1.95. The number of rotatable bonds is 1. The summed E-state index contributed by atoms with van der Waals surface area (Å²) in [6.45, 7) is 5.23. The molecule has 0 saturated heterocycles. The maximum Gasteiger partial charge on any atom is 0.151 e. The topological polar surface area (TPSA) is 0 Å². The minimum absolute atomic E-state index is 1.10. The third-order valence-corrected chi connectivity index (χ3v) is 0.294. The lowest BCUT2D eigenvalue weighted by molar-refractivity contribution is 0.551. The van der Waals surface area contributed by atoms with E-state index in [1.807, 2.05) is 0 Å². The summed E-state index contributed by atoms with van der Waals surface area (Å²) in [5.74, 6) is -2.20. The van der Waals surface area contributed by atoms with Crippen molar-refractivity contribution in [1.82, 2.24) is 0 Å². The van der Waals surface area contributed by atoms with Crippen LogP contribution in [0.4, 0.5) is 8.78 Å². The zero-order valence-electron chi connectivity index (χ0n) is 3.17. The molecule has 0 bridgehead atoms. The smallest absolute Gasteiger partial charge is 0.151 e. The molecule has 0 aromatic rings. The van der Waals surface area contributed by atoms with Crippen LogP contribution in [0.5, 0.6) is 0 Å². The quantitative estimate of drug-likeness (QED) is 0.432.